The quantitative estimate of drug-likeness (QED) is 0.436. The summed E-state index contributed by atoms with van der Waals surface area (Å²) < 4.78 is 16.3. The van der Waals surface area contributed by atoms with Gasteiger partial charge in [0.15, 0.2) is 0 Å². The zero-order chi connectivity index (χ0) is 27.6. The minimum atomic E-state index is -0.191. The Balaban J connectivity index is 1.14. The number of aryl methyl sites for hydroxylation is 1. The Hall–Kier alpha value is -2.64. The first-order chi connectivity index (χ1) is 18.9. The van der Waals surface area contributed by atoms with Crippen molar-refractivity contribution in [3.8, 4) is 5.75 Å². The molecule has 5 rings (SSSR count). The molecule has 0 heterocycles. The summed E-state index contributed by atoms with van der Waals surface area (Å²) in [5, 5.41) is 5.95. The van der Waals surface area contributed by atoms with Crippen LogP contribution < -0.4 is 15.4 Å². The molecule has 0 saturated heterocycles. The summed E-state index contributed by atoms with van der Waals surface area (Å²) >= 11 is 0. The number of rotatable bonds is 9. The van der Waals surface area contributed by atoms with Gasteiger partial charge in [0.05, 0.1) is 7.11 Å². The largest absolute Gasteiger partial charge is 0.497 e. The van der Waals surface area contributed by atoms with E-state index in [0.29, 0.717) is 49.0 Å². The van der Waals surface area contributed by atoms with Gasteiger partial charge >= 0.3 is 6.03 Å². The third kappa shape index (κ3) is 5.53. The number of hydrogen-bond donors (Lipinski definition) is 2. The van der Waals surface area contributed by atoms with Gasteiger partial charge in [0, 0.05) is 39.1 Å². The molecule has 0 bridgehead atoms. The number of nitrogens with one attached hydrogen (secondary N) is 2. The first kappa shape index (κ1) is 27.9. The van der Waals surface area contributed by atoms with E-state index >= 15 is 0 Å². The highest BCUT2D eigenvalue weighted by atomic mass is 16.5. The lowest BCUT2D eigenvalue weighted by molar-refractivity contribution is -0.129. The van der Waals surface area contributed by atoms with E-state index in [1.54, 1.807) is 21.3 Å². The van der Waals surface area contributed by atoms with Crippen LogP contribution >= 0.6 is 0 Å². The van der Waals surface area contributed by atoms with Crippen molar-refractivity contribution in [2.24, 2.45) is 23.2 Å². The molecule has 4 aliphatic carbocycles. The number of Topliss-reactive ketones (excluding diaryl/α,β-unsaturated/α-hetero) is 1. The van der Waals surface area contributed by atoms with Crippen LogP contribution in [-0.2, 0) is 20.7 Å². The van der Waals surface area contributed by atoms with Crippen LogP contribution in [0.25, 0.3) is 0 Å². The summed E-state index contributed by atoms with van der Waals surface area (Å²) in [5.74, 6) is 3.32. The van der Waals surface area contributed by atoms with Crippen LogP contribution in [0.1, 0.15) is 62.5 Å². The summed E-state index contributed by atoms with van der Waals surface area (Å²) in [6, 6.07) is 6.40. The second kappa shape index (κ2) is 11.8. The molecule has 7 atom stereocenters. The van der Waals surface area contributed by atoms with Gasteiger partial charge in [-0.25, -0.2) is 4.79 Å². The van der Waals surface area contributed by atoms with Gasteiger partial charge in [-0.3, -0.25) is 4.79 Å². The van der Waals surface area contributed by atoms with Gasteiger partial charge in [-0.1, -0.05) is 25.1 Å². The average molecular weight is 537 g/mol. The molecule has 2 saturated carbocycles. The first-order valence-electron chi connectivity index (χ1n) is 14.5. The maximum absolute atomic E-state index is 13.3. The first-order valence-corrected chi connectivity index (χ1v) is 14.5. The Labute approximate surface area is 232 Å². The molecule has 2 unspecified atom stereocenters. The van der Waals surface area contributed by atoms with Gasteiger partial charge in [-0.05, 0) is 97.1 Å². The van der Waals surface area contributed by atoms with E-state index in [4.69, 9.17) is 14.2 Å². The van der Waals surface area contributed by atoms with Crippen LogP contribution in [0.15, 0.2) is 42.0 Å². The molecule has 7 heteroatoms. The molecule has 0 spiro atoms. The number of urea groups is 1. The van der Waals surface area contributed by atoms with E-state index in [1.165, 1.54) is 11.1 Å². The van der Waals surface area contributed by atoms with Gasteiger partial charge in [0.1, 0.15) is 23.7 Å². The lowest BCUT2D eigenvalue weighted by Gasteiger charge is -2.50. The van der Waals surface area contributed by atoms with E-state index in [0.717, 1.165) is 49.8 Å². The number of ketones is 1. The summed E-state index contributed by atoms with van der Waals surface area (Å²) in [4.78, 5) is 25.7. The lowest BCUT2D eigenvalue weighted by Crippen LogP contribution is -2.44. The van der Waals surface area contributed by atoms with Crippen LogP contribution in [0.5, 0.6) is 5.75 Å². The van der Waals surface area contributed by atoms with Gasteiger partial charge in [0.25, 0.3) is 0 Å². The van der Waals surface area contributed by atoms with Crippen molar-refractivity contribution in [3.05, 3.63) is 53.1 Å². The Bertz CT molecular complexity index is 1130. The maximum atomic E-state index is 13.3. The van der Waals surface area contributed by atoms with E-state index in [2.05, 4.69) is 35.8 Å². The third-order valence-corrected chi connectivity index (χ3v) is 10.0. The van der Waals surface area contributed by atoms with Gasteiger partial charge in [0.2, 0.25) is 0 Å². The Kier molecular flexibility index (Phi) is 8.48. The average Bonchev–Trinajstić information content (AvgIpc) is 3.22. The second-order valence-electron chi connectivity index (χ2n) is 12.0. The molecule has 4 aliphatic rings. The van der Waals surface area contributed by atoms with Crippen LogP contribution in [0.2, 0.25) is 0 Å². The zero-order valence-electron chi connectivity index (χ0n) is 23.8. The molecule has 39 heavy (non-hydrogen) atoms. The zero-order valence-corrected chi connectivity index (χ0v) is 23.8. The number of methoxy groups -OCH3 is 3. The normalized spacial score (nSPS) is 33.0. The van der Waals surface area contributed by atoms with Crippen LogP contribution in [-0.4, -0.2) is 58.4 Å². The summed E-state index contributed by atoms with van der Waals surface area (Å²) in [6.45, 7) is 3.29. The highest BCUT2D eigenvalue weighted by Crippen LogP contribution is 2.62. The molecule has 1 aromatic carbocycles. The molecular formula is C32H44N2O5. The third-order valence-electron chi connectivity index (χ3n) is 10.0. The van der Waals surface area contributed by atoms with Crippen LogP contribution in [0.3, 0.4) is 0 Å². The molecular weight excluding hydrogens is 492 g/mol. The van der Waals surface area contributed by atoms with Gasteiger partial charge in [-0.2, -0.15) is 0 Å². The molecule has 212 valence electrons. The molecule has 2 N–H and O–H groups in total. The predicted octanol–water partition coefficient (Wildman–Crippen LogP) is 4.95. The van der Waals surface area contributed by atoms with Crippen molar-refractivity contribution < 1.29 is 23.8 Å². The number of carbonyl (C=O) groups excluding carboxylic acids is 2. The van der Waals surface area contributed by atoms with Crippen LogP contribution in [0, 0.1) is 23.2 Å². The fourth-order valence-electron chi connectivity index (χ4n) is 8.04. The molecule has 2 fully saturated rings. The standard InChI is InChI=1S/C32H44N2O5/c1-32-14-13-25-24-11-9-23(37-2)17-21(24)8-10-26(25)30(32)22(18-29(32)35)6-5-15-33-31(36)34-19-20-7-12-27(38-3)28(16-20)39-4/h7,9,11-12,16-17,22,25-28,30H,5-6,8,10,13-15,18-19H2,1-4H3,(H2,33,34,36)/t22-,25-,26-,27?,28?,30+,32-/m1/s1. The predicted molar refractivity (Wildman–Crippen MR) is 151 cm³/mol. The highest BCUT2D eigenvalue weighted by molar-refractivity contribution is 5.87. The van der Waals surface area contributed by atoms with Gasteiger partial charge in [-0.15, -0.1) is 0 Å². The van der Waals surface area contributed by atoms with E-state index < -0.39 is 0 Å². The number of benzene rings is 1. The number of amides is 2. The van der Waals surface area contributed by atoms with E-state index in [1.807, 2.05) is 18.2 Å². The molecule has 0 aliphatic heterocycles. The Morgan fingerprint density at radius 1 is 1.10 bits per heavy atom. The van der Waals surface area contributed by atoms with E-state index in [-0.39, 0.29) is 23.7 Å². The highest BCUT2D eigenvalue weighted by Gasteiger charge is 2.58. The maximum Gasteiger partial charge on any atom is 0.315 e. The molecule has 0 radical (unpaired) electrons. The molecule has 7 nitrogen and oxygen atoms in total. The summed E-state index contributed by atoms with van der Waals surface area (Å²) in [7, 11) is 5.04. The SMILES string of the molecule is COc1ccc2c(c1)CC[C@H]1[C@@H]3[C@H](CCCNC(=O)NCC4=CC(OC)C(OC)C=C4)CC(=O)[C@@]3(C)CC[C@H]21. The molecule has 2 amide bonds. The summed E-state index contributed by atoms with van der Waals surface area (Å²) in [6.07, 6.45) is 12.5. The van der Waals surface area contributed by atoms with Crippen molar-refractivity contribution in [3.63, 3.8) is 0 Å². The lowest BCUT2D eigenvalue weighted by atomic mass is 9.54. The summed E-state index contributed by atoms with van der Waals surface area (Å²) in [5.41, 5.74) is 3.70. The van der Waals surface area contributed by atoms with Crippen molar-refractivity contribution in [2.45, 2.75) is 70.0 Å². The fraction of sp³-hybridized carbons (Fsp3) is 0.625. The van der Waals surface area contributed by atoms with Crippen LogP contribution in [0.4, 0.5) is 4.79 Å². The Morgan fingerprint density at radius 3 is 2.69 bits per heavy atom. The topological polar surface area (TPSA) is 85.9 Å². The molecule has 0 aromatic heterocycles. The molecule has 1 aromatic rings. The number of carbonyl (C=O) groups is 2. The Morgan fingerprint density at radius 2 is 1.92 bits per heavy atom. The monoisotopic (exact) mass is 536 g/mol. The number of fused-ring (bicyclic) bond motifs is 5. The smallest absolute Gasteiger partial charge is 0.315 e. The number of hydrogen-bond acceptors (Lipinski definition) is 5. The van der Waals surface area contributed by atoms with Crippen molar-refractivity contribution in [1.82, 2.24) is 10.6 Å². The minimum Gasteiger partial charge on any atom is -0.497 e. The second-order valence-corrected chi connectivity index (χ2v) is 12.0. The van der Waals surface area contributed by atoms with Crippen molar-refractivity contribution in [2.75, 3.05) is 34.4 Å². The van der Waals surface area contributed by atoms with Crippen molar-refractivity contribution >= 4 is 11.8 Å². The number of ether oxygens (including phenoxy) is 3. The van der Waals surface area contributed by atoms with Gasteiger partial charge < -0.3 is 24.8 Å². The minimum absolute atomic E-state index is 0.108. The fourth-order valence-corrected chi connectivity index (χ4v) is 8.04. The van der Waals surface area contributed by atoms with Crippen molar-refractivity contribution in [1.29, 1.82) is 0 Å². The van der Waals surface area contributed by atoms with E-state index in [9.17, 15) is 9.59 Å².